The van der Waals surface area contributed by atoms with Crippen LogP contribution in [0.25, 0.3) is 0 Å². The van der Waals surface area contributed by atoms with Gasteiger partial charge in [0.1, 0.15) is 0 Å². The maximum Gasteiger partial charge on any atom is 0.264 e. The first kappa shape index (κ1) is 12.2. The number of nitrogens with one attached hydrogen (secondary N) is 1. The van der Waals surface area contributed by atoms with E-state index in [0.717, 1.165) is 37.4 Å². The summed E-state index contributed by atoms with van der Waals surface area (Å²) < 4.78 is 0. The zero-order valence-corrected chi connectivity index (χ0v) is 11.7. The van der Waals surface area contributed by atoms with Crippen molar-refractivity contribution in [2.24, 2.45) is 0 Å². The van der Waals surface area contributed by atoms with Crippen molar-refractivity contribution in [2.45, 2.75) is 38.6 Å². The number of rotatable bonds is 3. The largest absolute Gasteiger partial charge is 0.334 e. The van der Waals surface area contributed by atoms with Gasteiger partial charge in [-0.2, -0.15) is 0 Å². The van der Waals surface area contributed by atoms with Gasteiger partial charge in [0.15, 0.2) is 0 Å². The topological polar surface area (TPSA) is 32.3 Å². The summed E-state index contributed by atoms with van der Waals surface area (Å²) in [5.74, 6) is 0.241. The van der Waals surface area contributed by atoms with E-state index in [1.54, 1.807) is 11.3 Å². The molecule has 1 amide bonds. The molecule has 18 heavy (non-hydrogen) atoms. The van der Waals surface area contributed by atoms with Crippen molar-refractivity contribution in [2.75, 3.05) is 19.6 Å². The highest BCUT2D eigenvalue weighted by Gasteiger charge is 2.28. The van der Waals surface area contributed by atoms with Crippen LogP contribution in [0, 0.1) is 0 Å². The van der Waals surface area contributed by atoms with Gasteiger partial charge in [0, 0.05) is 24.0 Å². The third kappa shape index (κ3) is 2.08. The lowest BCUT2D eigenvalue weighted by Gasteiger charge is -2.26. The fraction of sp³-hybridized carbons (Fsp3) is 0.643. The van der Waals surface area contributed by atoms with Crippen LogP contribution < -0.4 is 5.32 Å². The second-order valence-corrected chi connectivity index (χ2v) is 6.29. The molecule has 0 radical (unpaired) electrons. The maximum atomic E-state index is 12.6. The molecular weight excluding hydrogens is 244 g/mol. The van der Waals surface area contributed by atoms with Crippen molar-refractivity contribution >= 4 is 17.2 Å². The molecule has 0 bridgehead atoms. The molecule has 2 aliphatic rings. The van der Waals surface area contributed by atoms with Crippen LogP contribution in [0.1, 0.15) is 39.9 Å². The molecule has 1 aromatic rings. The van der Waals surface area contributed by atoms with Crippen LogP contribution in [0.5, 0.6) is 0 Å². The number of nitrogens with zero attached hydrogens (tertiary/aromatic N) is 1. The van der Waals surface area contributed by atoms with E-state index in [0.29, 0.717) is 6.04 Å². The first-order valence-electron chi connectivity index (χ1n) is 6.93. The van der Waals surface area contributed by atoms with Gasteiger partial charge in [0.2, 0.25) is 0 Å². The van der Waals surface area contributed by atoms with Gasteiger partial charge in [0.05, 0.1) is 4.88 Å². The smallest absolute Gasteiger partial charge is 0.264 e. The molecule has 4 heteroatoms. The van der Waals surface area contributed by atoms with E-state index in [9.17, 15) is 4.79 Å². The molecule has 1 unspecified atom stereocenters. The Labute approximate surface area is 112 Å². The quantitative estimate of drug-likeness (QED) is 0.906. The Hall–Kier alpha value is -0.870. The maximum absolute atomic E-state index is 12.6. The molecule has 3 nitrogen and oxygen atoms in total. The number of hydrogen-bond acceptors (Lipinski definition) is 3. The molecule has 0 spiro atoms. The average Bonchev–Trinajstić information content (AvgIpc) is 3.05. The highest BCUT2D eigenvalue weighted by atomic mass is 32.1. The summed E-state index contributed by atoms with van der Waals surface area (Å²) >= 11 is 1.72. The van der Waals surface area contributed by atoms with Crippen LogP contribution in [0.4, 0.5) is 0 Å². The van der Waals surface area contributed by atoms with E-state index < -0.39 is 0 Å². The summed E-state index contributed by atoms with van der Waals surface area (Å²) in [5.41, 5.74) is 1.42. The standard InChI is InChI=1S/C14H20N2OS/c1-2-16(11-6-7-15-9-11)14(17)13-8-10-4-3-5-12(10)18-13/h8,11,15H,2-7,9H2,1H3. The minimum absolute atomic E-state index is 0.241. The monoisotopic (exact) mass is 264 g/mol. The van der Waals surface area contributed by atoms with Crippen molar-refractivity contribution in [3.63, 3.8) is 0 Å². The van der Waals surface area contributed by atoms with Crippen molar-refractivity contribution in [1.29, 1.82) is 0 Å². The number of hydrogen-bond donors (Lipinski definition) is 1. The van der Waals surface area contributed by atoms with Crippen LogP contribution in [0.2, 0.25) is 0 Å². The summed E-state index contributed by atoms with van der Waals surface area (Å²) in [7, 11) is 0. The Balaban J connectivity index is 1.78. The Bertz CT molecular complexity index is 427. The number of likely N-dealkylation sites (N-methyl/N-ethyl adjacent to an activating group) is 1. The lowest BCUT2D eigenvalue weighted by Crippen LogP contribution is -2.41. The molecule has 1 aliphatic carbocycles. The van der Waals surface area contributed by atoms with Gasteiger partial charge in [-0.05, 0) is 50.8 Å². The third-order valence-corrected chi connectivity index (χ3v) is 5.26. The Kier molecular flexibility index (Phi) is 3.39. The number of carbonyl (C=O) groups is 1. The van der Waals surface area contributed by atoms with Crippen LogP contribution in [-0.4, -0.2) is 36.5 Å². The molecule has 1 N–H and O–H groups in total. The van der Waals surface area contributed by atoms with Crippen LogP contribution in [0.15, 0.2) is 6.07 Å². The molecule has 1 saturated heterocycles. The fourth-order valence-electron chi connectivity index (χ4n) is 3.05. The zero-order chi connectivity index (χ0) is 12.5. The van der Waals surface area contributed by atoms with Crippen molar-refractivity contribution in [3.8, 4) is 0 Å². The normalized spacial score (nSPS) is 22.2. The number of aryl methyl sites for hydroxylation is 2. The lowest BCUT2D eigenvalue weighted by molar-refractivity contribution is 0.0708. The van der Waals surface area contributed by atoms with Gasteiger partial charge in [0.25, 0.3) is 5.91 Å². The summed E-state index contributed by atoms with van der Waals surface area (Å²) in [5, 5.41) is 3.34. The molecule has 3 rings (SSSR count). The van der Waals surface area contributed by atoms with Crippen molar-refractivity contribution in [3.05, 3.63) is 21.4 Å². The summed E-state index contributed by atoms with van der Waals surface area (Å²) in [6, 6.07) is 2.53. The highest BCUT2D eigenvalue weighted by Crippen LogP contribution is 2.31. The minimum Gasteiger partial charge on any atom is -0.334 e. The molecular formula is C14H20N2OS. The molecule has 98 valence electrons. The Morgan fingerprint density at radius 1 is 1.56 bits per heavy atom. The molecule has 1 atom stereocenters. The average molecular weight is 264 g/mol. The van der Waals surface area contributed by atoms with Gasteiger partial charge < -0.3 is 10.2 Å². The number of thiophene rings is 1. The molecule has 1 fully saturated rings. The van der Waals surface area contributed by atoms with Crippen LogP contribution >= 0.6 is 11.3 Å². The minimum atomic E-state index is 0.241. The molecule has 0 saturated carbocycles. The zero-order valence-electron chi connectivity index (χ0n) is 10.9. The highest BCUT2D eigenvalue weighted by molar-refractivity contribution is 7.14. The molecule has 2 heterocycles. The van der Waals surface area contributed by atoms with E-state index in [2.05, 4.69) is 18.3 Å². The molecule has 0 aromatic carbocycles. The van der Waals surface area contributed by atoms with Gasteiger partial charge in [-0.25, -0.2) is 0 Å². The summed E-state index contributed by atoms with van der Waals surface area (Å²) in [6.45, 7) is 4.88. The predicted octanol–water partition coefficient (Wildman–Crippen LogP) is 2.06. The van der Waals surface area contributed by atoms with E-state index in [4.69, 9.17) is 0 Å². The van der Waals surface area contributed by atoms with E-state index in [1.807, 2.05) is 4.90 Å². The van der Waals surface area contributed by atoms with E-state index >= 15 is 0 Å². The number of fused-ring (bicyclic) bond motifs is 1. The van der Waals surface area contributed by atoms with Crippen molar-refractivity contribution < 1.29 is 4.79 Å². The predicted molar refractivity (Wildman–Crippen MR) is 74.3 cm³/mol. The second-order valence-electron chi connectivity index (χ2n) is 5.15. The second kappa shape index (κ2) is 5.02. The van der Waals surface area contributed by atoms with Gasteiger partial charge in [-0.1, -0.05) is 0 Å². The van der Waals surface area contributed by atoms with Gasteiger partial charge in [-0.3, -0.25) is 4.79 Å². The Morgan fingerprint density at radius 2 is 2.44 bits per heavy atom. The van der Waals surface area contributed by atoms with Crippen LogP contribution in [-0.2, 0) is 12.8 Å². The fourth-order valence-corrected chi connectivity index (χ4v) is 4.26. The third-order valence-electron chi connectivity index (χ3n) is 4.03. The van der Waals surface area contributed by atoms with Crippen LogP contribution in [0.3, 0.4) is 0 Å². The SMILES string of the molecule is CCN(C(=O)c1cc2c(s1)CCC2)C1CCNC1. The van der Waals surface area contributed by atoms with Gasteiger partial charge in [-0.15, -0.1) is 11.3 Å². The summed E-state index contributed by atoms with van der Waals surface area (Å²) in [6.07, 6.45) is 4.69. The Morgan fingerprint density at radius 3 is 3.11 bits per heavy atom. The summed E-state index contributed by atoms with van der Waals surface area (Å²) in [4.78, 5) is 17.0. The molecule has 1 aliphatic heterocycles. The lowest BCUT2D eigenvalue weighted by atomic mass is 10.2. The first-order valence-corrected chi connectivity index (χ1v) is 7.74. The van der Waals surface area contributed by atoms with E-state index in [1.165, 1.54) is 23.3 Å². The molecule has 1 aromatic heterocycles. The first-order chi connectivity index (χ1) is 8.79. The van der Waals surface area contributed by atoms with E-state index in [-0.39, 0.29) is 5.91 Å². The number of amides is 1. The van der Waals surface area contributed by atoms with Gasteiger partial charge >= 0.3 is 0 Å². The number of carbonyl (C=O) groups excluding carboxylic acids is 1. The van der Waals surface area contributed by atoms with Crippen molar-refractivity contribution in [1.82, 2.24) is 10.2 Å².